The Labute approximate surface area is 193 Å². The topological polar surface area (TPSA) is 132 Å². The smallest absolute Gasteiger partial charge is 0.358 e. The second kappa shape index (κ2) is 12.3. The summed E-state index contributed by atoms with van der Waals surface area (Å²) in [4.78, 5) is 34.2. The standard InChI is InChI=1S/C24H31N3O6/c28-16-13-20(23(30)31)27(33-24(32)21(29)17-7-2-1-3-8-17)15-5-4-10-19-12-11-18-9-6-14-25-22(18)26-19/h1-3,7-8,11-12,20-21,28-29H,4-6,9-10,13-16H2,(H,25,26)(H,30,31)/t20-,21+/m0/s1. The number of carboxylic acids is 1. The molecule has 1 aromatic carbocycles. The van der Waals surface area contributed by atoms with E-state index in [0.29, 0.717) is 24.8 Å². The van der Waals surface area contributed by atoms with Crippen molar-refractivity contribution in [2.24, 2.45) is 0 Å². The van der Waals surface area contributed by atoms with E-state index in [0.717, 1.165) is 36.0 Å². The monoisotopic (exact) mass is 457 g/mol. The molecule has 0 fully saturated rings. The van der Waals surface area contributed by atoms with Gasteiger partial charge in [0, 0.05) is 25.4 Å². The van der Waals surface area contributed by atoms with Gasteiger partial charge in [-0.2, -0.15) is 0 Å². The molecule has 9 heteroatoms. The number of nitrogens with zero attached hydrogens (tertiary/aromatic N) is 2. The lowest BCUT2D eigenvalue weighted by molar-refractivity contribution is -0.216. The first-order chi connectivity index (χ1) is 16.0. The molecule has 1 aromatic heterocycles. The molecule has 4 N–H and O–H groups in total. The van der Waals surface area contributed by atoms with Crippen LogP contribution in [0.25, 0.3) is 0 Å². The van der Waals surface area contributed by atoms with Gasteiger partial charge in [0.1, 0.15) is 11.9 Å². The Morgan fingerprint density at radius 2 is 1.94 bits per heavy atom. The number of nitrogens with one attached hydrogen (secondary N) is 1. The van der Waals surface area contributed by atoms with E-state index in [9.17, 15) is 24.9 Å². The number of hydrogen-bond donors (Lipinski definition) is 4. The van der Waals surface area contributed by atoms with Crippen molar-refractivity contribution in [3.8, 4) is 0 Å². The third-order valence-electron chi connectivity index (χ3n) is 5.59. The predicted molar refractivity (Wildman–Crippen MR) is 121 cm³/mol. The highest BCUT2D eigenvalue weighted by atomic mass is 16.7. The van der Waals surface area contributed by atoms with Crippen LogP contribution in [0.4, 0.5) is 5.82 Å². The molecule has 0 amide bonds. The van der Waals surface area contributed by atoms with Crippen LogP contribution in [0.5, 0.6) is 0 Å². The molecule has 1 aliphatic rings. The van der Waals surface area contributed by atoms with Crippen LogP contribution in [0.15, 0.2) is 42.5 Å². The zero-order valence-corrected chi connectivity index (χ0v) is 18.5. The largest absolute Gasteiger partial charge is 0.480 e. The number of pyridine rings is 1. The first-order valence-corrected chi connectivity index (χ1v) is 11.3. The molecule has 0 aliphatic carbocycles. The van der Waals surface area contributed by atoms with Gasteiger partial charge in [-0.15, -0.1) is 5.06 Å². The van der Waals surface area contributed by atoms with Gasteiger partial charge in [0.15, 0.2) is 6.10 Å². The van der Waals surface area contributed by atoms with Crippen molar-refractivity contribution in [3.05, 3.63) is 59.3 Å². The van der Waals surface area contributed by atoms with Crippen LogP contribution in [0.2, 0.25) is 0 Å². The molecular weight excluding hydrogens is 426 g/mol. The molecule has 9 nitrogen and oxygen atoms in total. The average molecular weight is 458 g/mol. The number of hydrogen-bond acceptors (Lipinski definition) is 8. The average Bonchev–Trinajstić information content (AvgIpc) is 2.84. The Bertz CT molecular complexity index is 924. The molecule has 0 bridgehead atoms. The molecule has 2 atom stereocenters. The zero-order chi connectivity index (χ0) is 23.6. The first kappa shape index (κ1) is 24.6. The van der Waals surface area contributed by atoms with Gasteiger partial charge in [-0.25, -0.2) is 9.78 Å². The Morgan fingerprint density at radius 1 is 1.15 bits per heavy atom. The maximum atomic E-state index is 12.5. The number of rotatable bonds is 12. The lowest BCUT2D eigenvalue weighted by Gasteiger charge is -2.27. The quantitative estimate of drug-likeness (QED) is 0.279. The van der Waals surface area contributed by atoms with Gasteiger partial charge >= 0.3 is 11.9 Å². The summed E-state index contributed by atoms with van der Waals surface area (Å²) < 4.78 is 0. The van der Waals surface area contributed by atoms with Crippen LogP contribution in [0, 0.1) is 0 Å². The summed E-state index contributed by atoms with van der Waals surface area (Å²) in [7, 11) is 0. The Hall–Kier alpha value is -3.01. The molecule has 0 unspecified atom stereocenters. The number of aliphatic hydroxyl groups excluding tert-OH is 2. The van der Waals surface area contributed by atoms with Gasteiger partial charge in [0.2, 0.25) is 0 Å². The third-order valence-corrected chi connectivity index (χ3v) is 5.59. The van der Waals surface area contributed by atoms with Gasteiger partial charge in [0.05, 0.1) is 0 Å². The van der Waals surface area contributed by atoms with Crippen molar-refractivity contribution in [2.75, 3.05) is 25.0 Å². The summed E-state index contributed by atoms with van der Waals surface area (Å²) in [5, 5.41) is 33.5. The van der Waals surface area contributed by atoms with E-state index < -0.39 is 24.1 Å². The number of hydroxylamine groups is 2. The number of aliphatic hydroxyl groups is 2. The van der Waals surface area contributed by atoms with Crippen LogP contribution in [0.1, 0.15) is 48.6 Å². The summed E-state index contributed by atoms with van der Waals surface area (Å²) >= 11 is 0. The summed E-state index contributed by atoms with van der Waals surface area (Å²) in [6.07, 6.45) is 2.41. The highest BCUT2D eigenvalue weighted by Crippen LogP contribution is 2.21. The van der Waals surface area contributed by atoms with Crippen molar-refractivity contribution in [3.63, 3.8) is 0 Å². The Kier molecular flexibility index (Phi) is 9.17. The van der Waals surface area contributed by atoms with Gasteiger partial charge in [0.25, 0.3) is 0 Å². The maximum Gasteiger partial charge on any atom is 0.358 e. The van der Waals surface area contributed by atoms with Gasteiger partial charge < -0.3 is 25.5 Å². The van der Waals surface area contributed by atoms with E-state index in [-0.39, 0.29) is 19.6 Å². The molecule has 3 rings (SSSR count). The highest BCUT2D eigenvalue weighted by molar-refractivity contribution is 5.77. The number of carbonyl (C=O) groups is 2. The van der Waals surface area contributed by atoms with E-state index in [1.54, 1.807) is 30.3 Å². The second-order valence-electron chi connectivity index (χ2n) is 8.03. The SMILES string of the molecule is O=C(ON(CCCCc1ccc2c(n1)NCCC2)[C@@H](CCO)C(=O)O)[C@H](O)c1ccccc1. The van der Waals surface area contributed by atoms with Crippen molar-refractivity contribution in [1.29, 1.82) is 0 Å². The van der Waals surface area contributed by atoms with Crippen LogP contribution >= 0.6 is 0 Å². The van der Waals surface area contributed by atoms with Crippen molar-refractivity contribution < 1.29 is 29.7 Å². The number of carbonyl (C=O) groups excluding carboxylic acids is 1. The normalized spacial score (nSPS) is 14.8. The summed E-state index contributed by atoms with van der Waals surface area (Å²) in [5.41, 5.74) is 2.51. The number of unbranched alkanes of at least 4 members (excludes halogenated alkanes) is 1. The van der Waals surface area contributed by atoms with Crippen molar-refractivity contribution >= 4 is 17.8 Å². The number of aromatic nitrogens is 1. The molecule has 1 aliphatic heterocycles. The van der Waals surface area contributed by atoms with Crippen LogP contribution in [-0.2, 0) is 27.3 Å². The number of benzene rings is 1. The van der Waals surface area contributed by atoms with Gasteiger partial charge in [-0.3, -0.25) is 4.79 Å². The molecule has 0 radical (unpaired) electrons. The molecule has 2 heterocycles. The molecule has 178 valence electrons. The van der Waals surface area contributed by atoms with E-state index >= 15 is 0 Å². The first-order valence-electron chi connectivity index (χ1n) is 11.3. The number of fused-ring (bicyclic) bond motifs is 1. The van der Waals surface area contributed by atoms with Crippen LogP contribution in [-0.4, -0.2) is 63.0 Å². The number of aryl methyl sites for hydroxylation is 2. The Balaban J connectivity index is 1.59. The maximum absolute atomic E-state index is 12.5. The molecule has 0 spiro atoms. The van der Waals surface area contributed by atoms with Crippen LogP contribution in [0.3, 0.4) is 0 Å². The fraction of sp³-hybridized carbons (Fsp3) is 0.458. The summed E-state index contributed by atoms with van der Waals surface area (Å²) in [6, 6.07) is 11.2. The molecule has 0 saturated heterocycles. The number of aliphatic carboxylic acids is 1. The van der Waals surface area contributed by atoms with Crippen molar-refractivity contribution in [1.82, 2.24) is 10.0 Å². The lowest BCUT2D eigenvalue weighted by Crippen LogP contribution is -2.44. The molecule has 33 heavy (non-hydrogen) atoms. The number of carboxylic acid groups (broad SMARTS) is 1. The molecular formula is C24H31N3O6. The van der Waals surface area contributed by atoms with Gasteiger partial charge in [-0.1, -0.05) is 36.4 Å². The molecule has 2 aromatic rings. The van der Waals surface area contributed by atoms with E-state index in [4.69, 9.17) is 4.84 Å². The van der Waals surface area contributed by atoms with E-state index in [1.165, 1.54) is 5.56 Å². The fourth-order valence-electron chi connectivity index (χ4n) is 3.80. The third kappa shape index (κ3) is 6.98. The van der Waals surface area contributed by atoms with E-state index in [1.807, 2.05) is 6.07 Å². The van der Waals surface area contributed by atoms with E-state index in [2.05, 4.69) is 16.4 Å². The van der Waals surface area contributed by atoms with Crippen LogP contribution < -0.4 is 5.32 Å². The molecule has 0 saturated carbocycles. The minimum absolute atomic E-state index is 0.109. The zero-order valence-electron chi connectivity index (χ0n) is 18.5. The minimum Gasteiger partial charge on any atom is -0.480 e. The van der Waals surface area contributed by atoms with Gasteiger partial charge in [-0.05, 0) is 55.7 Å². The summed E-state index contributed by atoms with van der Waals surface area (Å²) in [6.45, 7) is 0.686. The minimum atomic E-state index is -1.54. The second-order valence-corrected chi connectivity index (χ2v) is 8.03. The Morgan fingerprint density at radius 3 is 2.67 bits per heavy atom. The van der Waals surface area contributed by atoms with Crippen molar-refractivity contribution in [2.45, 2.75) is 50.7 Å². The highest BCUT2D eigenvalue weighted by Gasteiger charge is 2.31. The summed E-state index contributed by atoms with van der Waals surface area (Å²) in [5.74, 6) is -1.25. The number of anilines is 1. The predicted octanol–water partition coefficient (Wildman–Crippen LogP) is 2.09. The lowest BCUT2D eigenvalue weighted by atomic mass is 10.1. The fourth-order valence-corrected chi connectivity index (χ4v) is 3.80.